The fraction of sp³-hybridized carbons (Fsp3) is 0.667. The molecule has 1 saturated heterocycles. The zero-order valence-electron chi connectivity index (χ0n) is 12.7. The van der Waals surface area contributed by atoms with Gasteiger partial charge in [0.2, 0.25) is 11.8 Å². The number of thiazole rings is 1. The summed E-state index contributed by atoms with van der Waals surface area (Å²) in [7, 11) is 0. The summed E-state index contributed by atoms with van der Waals surface area (Å²) in [5, 5.41) is 5.79. The maximum atomic E-state index is 12.5. The van der Waals surface area contributed by atoms with Crippen molar-refractivity contribution in [1.82, 2.24) is 15.2 Å². The maximum Gasteiger partial charge on any atom is 0.243 e. The molecule has 6 heteroatoms. The maximum absolute atomic E-state index is 12.5. The number of carbonyl (C=O) groups excluding carboxylic acids is 2. The second-order valence-corrected chi connectivity index (χ2v) is 6.38. The smallest absolute Gasteiger partial charge is 0.243 e. The van der Waals surface area contributed by atoms with Gasteiger partial charge < -0.3 is 10.2 Å². The molecule has 0 aliphatic carbocycles. The van der Waals surface area contributed by atoms with Crippen LogP contribution in [0.1, 0.15) is 57.0 Å². The van der Waals surface area contributed by atoms with Crippen LogP contribution < -0.4 is 5.32 Å². The van der Waals surface area contributed by atoms with Crippen molar-refractivity contribution in [2.45, 2.75) is 58.0 Å². The van der Waals surface area contributed by atoms with Crippen molar-refractivity contribution in [1.29, 1.82) is 0 Å². The number of likely N-dealkylation sites (tertiary alicyclic amines) is 1. The molecule has 1 fully saturated rings. The van der Waals surface area contributed by atoms with Crippen LogP contribution in [0.5, 0.6) is 0 Å². The van der Waals surface area contributed by atoms with Crippen molar-refractivity contribution < 1.29 is 9.59 Å². The van der Waals surface area contributed by atoms with Crippen LogP contribution in [0.2, 0.25) is 0 Å². The monoisotopic (exact) mass is 309 g/mol. The van der Waals surface area contributed by atoms with Gasteiger partial charge in [0.15, 0.2) is 0 Å². The molecule has 1 aliphatic rings. The Kier molecular flexibility index (Phi) is 5.73. The molecule has 1 aromatic rings. The van der Waals surface area contributed by atoms with Crippen LogP contribution in [0.4, 0.5) is 0 Å². The zero-order chi connectivity index (χ0) is 15.2. The molecule has 2 heterocycles. The summed E-state index contributed by atoms with van der Waals surface area (Å²) in [6.45, 7) is 4.61. The van der Waals surface area contributed by atoms with Crippen molar-refractivity contribution >= 4 is 23.2 Å². The van der Waals surface area contributed by atoms with E-state index < -0.39 is 0 Å². The van der Waals surface area contributed by atoms with Gasteiger partial charge in [-0.2, -0.15) is 0 Å². The third kappa shape index (κ3) is 4.03. The average molecular weight is 309 g/mol. The number of nitrogens with one attached hydrogen (secondary N) is 1. The molecular weight excluding hydrogens is 286 g/mol. The molecule has 21 heavy (non-hydrogen) atoms. The Morgan fingerprint density at radius 1 is 1.52 bits per heavy atom. The third-order valence-electron chi connectivity index (χ3n) is 3.77. The second-order valence-electron chi connectivity index (χ2n) is 5.45. The Morgan fingerprint density at radius 2 is 2.33 bits per heavy atom. The summed E-state index contributed by atoms with van der Waals surface area (Å²) in [6, 6.07) is -0.428. The average Bonchev–Trinajstić information content (AvgIpc) is 3.01. The van der Waals surface area contributed by atoms with E-state index in [1.165, 1.54) is 11.3 Å². The minimum absolute atomic E-state index is 0.0538. The molecule has 0 saturated carbocycles. The normalized spacial score (nSPS) is 20.1. The van der Waals surface area contributed by atoms with E-state index in [1.807, 2.05) is 19.2 Å². The lowest BCUT2D eigenvalue weighted by molar-refractivity contribution is -0.142. The van der Waals surface area contributed by atoms with Crippen molar-refractivity contribution in [3.05, 3.63) is 16.6 Å². The van der Waals surface area contributed by atoms with E-state index in [0.717, 1.165) is 30.7 Å². The van der Waals surface area contributed by atoms with E-state index in [9.17, 15) is 9.59 Å². The van der Waals surface area contributed by atoms with E-state index in [2.05, 4.69) is 10.3 Å². The van der Waals surface area contributed by atoms with Gasteiger partial charge in [0, 0.05) is 24.5 Å². The highest BCUT2D eigenvalue weighted by molar-refractivity contribution is 7.09. The van der Waals surface area contributed by atoms with Crippen molar-refractivity contribution in [2.75, 3.05) is 6.54 Å². The van der Waals surface area contributed by atoms with Crippen molar-refractivity contribution in [2.24, 2.45) is 0 Å². The van der Waals surface area contributed by atoms with Crippen LogP contribution in [-0.2, 0) is 9.59 Å². The molecule has 1 aliphatic heterocycles. The number of piperidine rings is 1. The highest BCUT2D eigenvalue weighted by Crippen LogP contribution is 2.21. The van der Waals surface area contributed by atoms with Gasteiger partial charge in [0.05, 0.1) is 6.04 Å². The Morgan fingerprint density at radius 3 is 3.00 bits per heavy atom. The highest BCUT2D eigenvalue weighted by Gasteiger charge is 2.32. The summed E-state index contributed by atoms with van der Waals surface area (Å²) in [5.41, 5.74) is 0. The quantitative estimate of drug-likeness (QED) is 0.909. The standard InChI is InChI=1S/C15H23N3O2S/c1-3-6-13(19)18-9-5-4-7-12(18)14(20)17-11(2)15-16-8-10-21-15/h8,10-12H,3-7,9H2,1-2H3,(H,17,20)/t11-,12+/m0/s1. The van der Waals surface area contributed by atoms with E-state index in [0.29, 0.717) is 13.0 Å². The summed E-state index contributed by atoms with van der Waals surface area (Å²) in [4.78, 5) is 30.6. The highest BCUT2D eigenvalue weighted by atomic mass is 32.1. The van der Waals surface area contributed by atoms with Crippen LogP contribution in [0.3, 0.4) is 0 Å². The van der Waals surface area contributed by atoms with E-state index in [1.54, 1.807) is 11.1 Å². The number of amides is 2. The predicted octanol–water partition coefficient (Wildman–Crippen LogP) is 2.50. The molecular formula is C15H23N3O2S. The molecule has 2 atom stereocenters. The number of carbonyl (C=O) groups is 2. The first-order valence-corrected chi connectivity index (χ1v) is 8.50. The van der Waals surface area contributed by atoms with Gasteiger partial charge in [-0.1, -0.05) is 6.92 Å². The Hall–Kier alpha value is -1.43. The van der Waals surface area contributed by atoms with E-state index >= 15 is 0 Å². The lowest BCUT2D eigenvalue weighted by Crippen LogP contribution is -2.52. The minimum Gasteiger partial charge on any atom is -0.345 e. The van der Waals surface area contributed by atoms with Gasteiger partial charge in [-0.25, -0.2) is 4.98 Å². The summed E-state index contributed by atoms with van der Waals surface area (Å²) in [5.74, 6) is 0.0427. The fourth-order valence-corrected chi connectivity index (χ4v) is 3.33. The Labute approximate surface area is 129 Å². The number of aromatic nitrogens is 1. The summed E-state index contributed by atoms with van der Waals surface area (Å²) >= 11 is 1.53. The lowest BCUT2D eigenvalue weighted by Gasteiger charge is -2.35. The first-order chi connectivity index (χ1) is 10.1. The molecule has 2 rings (SSSR count). The van der Waals surface area contributed by atoms with Gasteiger partial charge in [-0.05, 0) is 32.6 Å². The predicted molar refractivity (Wildman–Crippen MR) is 82.9 cm³/mol. The molecule has 0 spiro atoms. The van der Waals surface area contributed by atoms with Gasteiger partial charge in [0.25, 0.3) is 0 Å². The SMILES string of the molecule is CCCC(=O)N1CCCC[C@@H]1C(=O)N[C@@H](C)c1nccs1. The first-order valence-electron chi connectivity index (χ1n) is 7.62. The Bertz CT molecular complexity index is 475. The summed E-state index contributed by atoms with van der Waals surface area (Å²) in [6.07, 6.45) is 5.82. The largest absolute Gasteiger partial charge is 0.345 e. The molecule has 2 amide bonds. The van der Waals surface area contributed by atoms with Crippen molar-refractivity contribution in [3.8, 4) is 0 Å². The topological polar surface area (TPSA) is 62.3 Å². The van der Waals surface area contributed by atoms with Crippen LogP contribution in [0.25, 0.3) is 0 Å². The van der Waals surface area contributed by atoms with Gasteiger partial charge in [0.1, 0.15) is 11.0 Å². The molecule has 0 bridgehead atoms. The first kappa shape index (κ1) is 15.9. The van der Waals surface area contributed by atoms with E-state index in [4.69, 9.17) is 0 Å². The van der Waals surface area contributed by atoms with Gasteiger partial charge in [-0.15, -0.1) is 11.3 Å². The molecule has 5 nitrogen and oxygen atoms in total. The number of hydrogen-bond acceptors (Lipinski definition) is 4. The number of hydrogen-bond donors (Lipinski definition) is 1. The molecule has 1 N–H and O–H groups in total. The molecule has 0 aromatic carbocycles. The van der Waals surface area contributed by atoms with Gasteiger partial charge >= 0.3 is 0 Å². The van der Waals surface area contributed by atoms with Crippen LogP contribution in [0.15, 0.2) is 11.6 Å². The molecule has 0 radical (unpaired) electrons. The van der Waals surface area contributed by atoms with Crippen LogP contribution >= 0.6 is 11.3 Å². The second kappa shape index (κ2) is 7.54. The molecule has 0 unspecified atom stereocenters. The van der Waals surface area contributed by atoms with Crippen LogP contribution in [-0.4, -0.2) is 34.3 Å². The Balaban J connectivity index is 1.99. The van der Waals surface area contributed by atoms with Crippen molar-refractivity contribution in [3.63, 3.8) is 0 Å². The fourth-order valence-electron chi connectivity index (χ4n) is 2.68. The third-order valence-corrected chi connectivity index (χ3v) is 4.73. The van der Waals surface area contributed by atoms with E-state index in [-0.39, 0.29) is 23.9 Å². The van der Waals surface area contributed by atoms with Crippen LogP contribution in [0, 0.1) is 0 Å². The molecule has 1 aromatic heterocycles. The number of nitrogens with zero attached hydrogens (tertiary/aromatic N) is 2. The molecule has 116 valence electrons. The summed E-state index contributed by atoms with van der Waals surface area (Å²) < 4.78 is 0. The lowest BCUT2D eigenvalue weighted by atomic mass is 10.0. The minimum atomic E-state index is -0.319. The van der Waals surface area contributed by atoms with Gasteiger partial charge in [-0.3, -0.25) is 9.59 Å². The zero-order valence-corrected chi connectivity index (χ0v) is 13.5. The number of rotatable bonds is 5.